The fourth-order valence-corrected chi connectivity index (χ4v) is 2.48. The molecule has 1 aliphatic rings. The molecular formula is C14H20FNO. The van der Waals surface area contributed by atoms with Gasteiger partial charge in [0.1, 0.15) is 11.9 Å². The summed E-state index contributed by atoms with van der Waals surface area (Å²) >= 11 is 0. The van der Waals surface area contributed by atoms with Gasteiger partial charge in [0, 0.05) is 6.42 Å². The van der Waals surface area contributed by atoms with Gasteiger partial charge in [0.05, 0.1) is 0 Å². The van der Waals surface area contributed by atoms with E-state index in [-0.39, 0.29) is 11.7 Å². The number of rotatable bonds is 3. The van der Waals surface area contributed by atoms with Crippen molar-refractivity contribution >= 4 is 0 Å². The molecule has 1 aliphatic heterocycles. The lowest BCUT2D eigenvalue weighted by Crippen LogP contribution is -2.20. The Morgan fingerprint density at radius 2 is 2.24 bits per heavy atom. The third-order valence-corrected chi connectivity index (χ3v) is 3.47. The molecule has 0 aliphatic carbocycles. The van der Waals surface area contributed by atoms with Crippen LogP contribution < -0.4 is 5.32 Å². The number of benzene rings is 1. The van der Waals surface area contributed by atoms with Gasteiger partial charge in [-0.15, -0.1) is 0 Å². The summed E-state index contributed by atoms with van der Waals surface area (Å²) in [5, 5.41) is 12.6. The third kappa shape index (κ3) is 3.70. The molecule has 1 saturated heterocycles. The number of halogens is 1. The molecule has 0 amide bonds. The summed E-state index contributed by atoms with van der Waals surface area (Å²) in [6, 6.07) is 6.92. The molecule has 2 rings (SSSR count). The second-order valence-electron chi connectivity index (χ2n) is 4.83. The van der Waals surface area contributed by atoms with E-state index in [4.69, 9.17) is 0 Å². The number of phenols is 1. The quantitative estimate of drug-likeness (QED) is 0.847. The van der Waals surface area contributed by atoms with Crippen LogP contribution >= 0.6 is 0 Å². The Morgan fingerprint density at radius 3 is 3.06 bits per heavy atom. The molecule has 0 aromatic heterocycles. The molecule has 0 saturated carbocycles. The number of nitrogens with one attached hydrogen (secondary N) is 1. The topological polar surface area (TPSA) is 32.3 Å². The summed E-state index contributed by atoms with van der Waals surface area (Å²) in [5.41, 5.74) is 0.884. The molecule has 2 atom stereocenters. The first-order chi connectivity index (χ1) is 8.25. The van der Waals surface area contributed by atoms with Crippen molar-refractivity contribution in [3.05, 3.63) is 29.8 Å². The van der Waals surface area contributed by atoms with Gasteiger partial charge < -0.3 is 10.4 Å². The Bertz CT molecular complexity index is 348. The van der Waals surface area contributed by atoms with Crippen LogP contribution in [0.4, 0.5) is 4.39 Å². The van der Waals surface area contributed by atoms with E-state index in [1.165, 1.54) is 0 Å². The fraction of sp³-hybridized carbons (Fsp3) is 0.571. The molecule has 1 aromatic rings. The normalized spacial score (nSPS) is 23.0. The van der Waals surface area contributed by atoms with Crippen LogP contribution in [-0.2, 0) is 6.42 Å². The van der Waals surface area contributed by atoms with Crippen LogP contribution in [0.2, 0.25) is 0 Å². The zero-order chi connectivity index (χ0) is 12.1. The zero-order valence-corrected chi connectivity index (χ0v) is 10.0. The van der Waals surface area contributed by atoms with Crippen LogP contribution in [0.1, 0.15) is 24.8 Å². The van der Waals surface area contributed by atoms with Gasteiger partial charge in [0.2, 0.25) is 0 Å². The first-order valence-corrected chi connectivity index (χ1v) is 6.38. The Morgan fingerprint density at radius 1 is 1.35 bits per heavy atom. The van der Waals surface area contributed by atoms with Crippen LogP contribution in [-0.4, -0.2) is 24.4 Å². The van der Waals surface area contributed by atoms with Crippen molar-refractivity contribution in [2.24, 2.45) is 5.92 Å². The van der Waals surface area contributed by atoms with Gasteiger partial charge in [0.25, 0.3) is 0 Å². The maximum atomic E-state index is 14.2. The van der Waals surface area contributed by atoms with Crippen molar-refractivity contribution < 1.29 is 9.50 Å². The van der Waals surface area contributed by atoms with E-state index in [1.54, 1.807) is 18.2 Å². The van der Waals surface area contributed by atoms with Crippen LogP contribution in [0.15, 0.2) is 24.3 Å². The van der Waals surface area contributed by atoms with E-state index in [0.717, 1.165) is 37.9 Å². The van der Waals surface area contributed by atoms with Crippen molar-refractivity contribution in [2.75, 3.05) is 13.1 Å². The van der Waals surface area contributed by atoms with E-state index in [2.05, 4.69) is 5.32 Å². The van der Waals surface area contributed by atoms with Crippen molar-refractivity contribution in [3.63, 3.8) is 0 Å². The number of alkyl halides is 1. The Balaban J connectivity index is 1.93. The van der Waals surface area contributed by atoms with E-state index < -0.39 is 6.17 Å². The van der Waals surface area contributed by atoms with Gasteiger partial charge >= 0.3 is 0 Å². The summed E-state index contributed by atoms with van der Waals surface area (Å²) in [6.45, 7) is 1.93. The van der Waals surface area contributed by atoms with Crippen molar-refractivity contribution in [1.29, 1.82) is 0 Å². The van der Waals surface area contributed by atoms with Gasteiger partial charge in [0.15, 0.2) is 0 Å². The lowest BCUT2D eigenvalue weighted by atomic mass is 9.91. The summed E-state index contributed by atoms with van der Waals surface area (Å²) in [6.07, 6.45) is 2.56. The Labute approximate surface area is 102 Å². The molecule has 2 N–H and O–H groups in total. The highest BCUT2D eigenvalue weighted by atomic mass is 19.1. The van der Waals surface area contributed by atoms with Gasteiger partial charge in [-0.25, -0.2) is 4.39 Å². The average Bonchev–Trinajstić information content (AvgIpc) is 2.57. The summed E-state index contributed by atoms with van der Waals surface area (Å²) in [4.78, 5) is 0. The zero-order valence-electron chi connectivity index (χ0n) is 10.0. The van der Waals surface area contributed by atoms with Crippen LogP contribution in [0.5, 0.6) is 5.75 Å². The minimum atomic E-state index is -0.795. The smallest absolute Gasteiger partial charge is 0.115 e. The minimum Gasteiger partial charge on any atom is -0.508 e. The lowest BCUT2D eigenvalue weighted by Gasteiger charge is -2.18. The maximum Gasteiger partial charge on any atom is 0.115 e. The van der Waals surface area contributed by atoms with Gasteiger partial charge in [-0.1, -0.05) is 12.1 Å². The standard InChI is InChI=1S/C14H20FNO/c15-14(12-4-2-7-16-8-6-12)10-11-3-1-5-13(17)9-11/h1,3,5,9,12,14,16-17H,2,4,6-8,10H2. The fourth-order valence-electron chi connectivity index (χ4n) is 2.48. The summed E-state index contributed by atoms with van der Waals surface area (Å²) in [7, 11) is 0. The summed E-state index contributed by atoms with van der Waals surface area (Å²) < 4.78 is 14.2. The highest BCUT2D eigenvalue weighted by Crippen LogP contribution is 2.24. The number of hydrogen-bond acceptors (Lipinski definition) is 2. The first-order valence-electron chi connectivity index (χ1n) is 6.38. The number of aromatic hydroxyl groups is 1. The van der Waals surface area contributed by atoms with E-state index in [0.29, 0.717) is 6.42 Å². The number of hydrogen-bond donors (Lipinski definition) is 2. The maximum absolute atomic E-state index is 14.2. The van der Waals surface area contributed by atoms with Crippen LogP contribution in [0, 0.1) is 5.92 Å². The van der Waals surface area contributed by atoms with E-state index in [9.17, 15) is 9.50 Å². The lowest BCUT2D eigenvalue weighted by molar-refractivity contribution is 0.210. The largest absolute Gasteiger partial charge is 0.508 e. The molecule has 94 valence electrons. The molecule has 17 heavy (non-hydrogen) atoms. The second kappa shape index (κ2) is 6.01. The van der Waals surface area contributed by atoms with Gasteiger partial charge in [-0.3, -0.25) is 0 Å². The molecule has 1 fully saturated rings. The first kappa shape index (κ1) is 12.4. The minimum absolute atomic E-state index is 0.160. The molecule has 0 spiro atoms. The van der Waals surface area contributed by atoms with Gasteiger partial charge in [-0.2, -0.15) is 0 Å². The van der Waals surface area contributed by atoms with Crippen LogP contribution in [0.3, 0.4) is 0 Å². The van der Waals surface area contributed by atoms with Crippen molar-refractivity contribution in [1.82, 2.24) is 5.32 Å². The average molecular weight is 237 g/mol. The molecule has 1 aromatic carbocycles. The molecule has 2 unspecified atom stereocenters. The summed E-state index contributed by atoms with van der Waals surface area (Å²) in [5.74, 6) is 0.379. The molecule has 3 heteroatoms. The second-order valence-corrected chi connectivity index (χ2v) is 4.83. The van der Waals surface area contributed by atoms with Crippen LogP contribution in [0.25, 0.3) is 0 Å². The van der Waals surface area contributed by atoms with Gasteiger partial charge in [-0.05, 0) is 56.0 Å². The monoisotopic (exact) mass is 237 g/mol. The van der Waals surface area contributed by atoms with E-state index >= 15 is 0 Å². The van der Waals surface area contributed by atoms with E-state index in [1.807, 2.05) is 6.07 Å². The molecule has 0 bridgehead atoms. The Hall–Kier alpha value is -1.09. The predicted molar refractivity (Wildman–Crippen MR) is 66.9 cm³/mol. The molecule has 2 nitrogen and oxygen atoms in total. The molecule has 1 heterocycles. The molecular weight excluding hydrogens is 217 g/mol. The van der Waals surface area contributed by atoms with Crippen molar-refractivity contribution in [3.8, 4) is 5.75 Å². The highest BCUT2D eigenvalue weighted by molar-refractivity contribution is 5.27. The Kier molecular flexibility index (Phi) is 4.37. The third-order valence-electron chi connectivity index (χ3n) is 3.47. The van der Waals surface area contributed by atoms with Crippen molar-refractivity contribution in [2.45, 2.75) is 31.9 Å². The molecule has 0 radical (unpaired) electrons. The highest BCUT2D eigenvalue weighted by Gasteiger charge is 2.22. The predicted octanol–water partition coefficient (Wildman–Crippen LogP) is 2.66. The SMILES string of the molecule is Oc1cccc(CC(F)C2CCCNCC2)c1. The number of phenolic OH excluding ortho intramolecular Hbond substituents is 1.